The fourth-order valence-electron chi connectivity index (χ4n) is 4.50. The van der Waals surface area contributed by atoms with E-state index in [-0.39, 0.29) is 0 Å². The Bertz CT molecular complexity index is 1140. The van der Waals surface area contributed by atoms with Gasteiger partial charge in [-0.15, -0.1) is 0 Å². The third-order valence-corrected chi connectivity index (χ3v) is 5.98. The summed E-state index contributed by atoms with van der Waals surface area (Å²) in [5.74, 6) is 0. The number of benzene rings is 4. The third-order valence-electron chi connectivity index (χ3n) is 5.98. The zero-order valence-electron chi connectivity index (χ0n) is 17.9. The van der Waals surface area contributed by atoms with Crippen LogP contribution in [-0.2, 0) is 5.54 Å². The van der Waals surface area contributed by atoms with E-state index in [1.54, 1.807) is 17.1 Å². The van der Waals surface area contributed by atoms with Crippen molar-refractivity contribution in [2.45, 2.75) is 5.54 Å². The van der Waals surface area contributed by atoms with Gasteiger partial charge in [0.25, 0.3) is 0 Å². The monoisotopic (exact) mass is 434 g/mol. The summed E-state index contributed by atoms with van der Waals surface area (Å²) in [4.78, 5) is 0. The van der Waals surface area contributed by atoms with Gasteiger partial charge in [0.15, 0.2) is 0 Å². The molecule has 1 aliphatic heterocycles. The Morgan fingerprint density at radius 3 is 1.55 bits per heavy atom. The molecule has 0 saturated heterocycles. The molecule has 2 N–H and O–H groups in total. The van der Waals surface area contributed by atoms with Crippen molar-refractivity contribution >= 4 is 18.3 Å². The summed E-state index contributed by atoms with van der Waals surface area (Å²) in [6.07, 6.45) is 0. The van der Waals surface area contributed by atoms with E-state index in [0.29, 0.717) is 17.8 Å². The van der Waals surface area contributed by atoms with Crippen LogP contribution < -0.4 is 10.5 Å². The molecule has 1 aliphatic rings. The van der Waals surface area contributed by atoms with Gasteiger partial charge in [-0.2, -0.15) is 0 Å². The number of hydrogen-bond acceptors (Lipinski definition) is 6. The van der Waals surface area contributed by atoms with Crippen molar-refractivity contribution in [3.63, 3.8) is 0 Å². The second kappa shape index (κ2) is 8.90. The molecule has 0 bridgehead atoms. The van der Waals surface area contributed by atoms with E-state index in [9.17, 15) is 10.0 Å². The molecule has 6 nitrogen and oxygen atoms in total. The summed E-state index contributed by atoms with van der Waals surface area (Å²) in [7, 11) is -1.60. The predicted octanol–water partition coefficient (Wildman–Crippen LogP) is 3.72. The van der Waals surface area contributed by atoms with E-state index in [2.05, 4.69) is 46.8 Å². The molecular weight excluding hydrogens is 411 g/mol. The summed E-state index contributed by atoms with van der Waals surface area (Å²) < 4.78 is 0. The minimum absolute atomic E-state index is 0.322. The normalized spacial score (nSPS) is 13.4. The standard InChI is InChI=1S/C26H23BN4O2/c32-27(33)24-18-10-11-19-25(24)30-20-31(29-28-30)26(21-12-4-1-5-13-21,22-14-6-2-7-15-22)23-16-8-3-9-17-23/h1-19,32-33H,20H2. The summed E-state index contributed by atoms with van der Waals surface area (Å²) in [6.45, 7) is 0.322. The lowest BCUT2D eigenvalue weighted by molar-refractivity contribution is 0.181. The molecule has 0 radical (unpaired) electrons. The van der Waals surface area contributed by atoms with Crippen molar-refractivity contribution in [1.82, 2.24) is 5.01 Å². The second-order valence-corrected chi connectivity index (χ2v) is 7.86. The van der Waals surface area contributed by atoms with Crippen molar-refractivity contribution in [2.75, 3.05) is 11.7 Å². The predicted molar refractivity (Wildman–Crippen MR) is 130 cm³/mol. The Balaban J connectivity index is 1.68. The average molecular weight is 434 g/mol. The van der Waals surface area contributed by atoms with Crippen LogP contribution in [0.25, 0.3) is 0 Å². The Hall–Kier alpha value is -3.94. The number of anilines is 1. The van der Waals surface area contributed by atoms with Crippen molar-refractivity contribution in [2.24, 2.45) is 10.4 Å². The van der Waals surface area contributed by atoms with Gasteiger partial charge in [0.05, 0.1) is 5.69 Å². The molecule has 0 atom stereocenters. The molecule has 5 rings (SSSR count). The average Bonchev–Trinajstić information content (AvgIpc) is 3.37. The van der Waals surface area contributed by atoms with Crippen LogP contribution in [-0.4, -0.2) is 28.8 Å². The SMILES string of the molecule is OB(O)c1ccccc1N1CN(C(c2ccccc2)(c2ccccc2)c2ccccc2)N=N1. The molecule has 0 aliphatic carbocycles. The van der Waals surface area contributed by atoms with Crippen LogP contribution >= 0.6 is 0 Å². The maximum absolute atomic E-state index is 9.87. The van der Waals surface area contributed by atoms with Crippen molar-refractivity contribution in [3.05, 3.63) is 132 Å². The number of nitrogens with zero attached hydrogens (tertiary/aromatic N) is 4. The maximum Gasteiger partial charge on any atom is 0.490 e. The number of hydrogen-bond donors (Lipinski definition) is 2. The topological polar surface area (TPSA) is 71.7 Å². The van der Waals surface area contributed by atoms with Gasteiger partial charge in [-0.3, -0.25) is 0 Å². The molecule has 0 saturated carbocycles. The lowest BCUT2D eigenvalue weighted by atomic mass is 9.76. The van der Waals surface area contributed by atoms with Crippen LogP contribution in [0.4, 0.5) is 5.69 Å². The fraction of sp³-hybridized carbons (Fsp3) is 0.0769. The van der Waals surface area contributed by atoms with Crippen LogP contribution in [0.5, 0.6) is 0 Å². The van der Waals surface area contributed by atoms with Gasteiger partial charge >= 0.3 is 7.12 Å². The molecule has 162 valence electrons. The van der Waals surface area contributed by atoms with Crippen LogP contribution in [0.2, 0.25) is 0 Å². The number of rotatable bonds is 6. The highest BCUT2D eigenvalue weighted by molar-refractivity contribution is 6.60. The number of para-hydroxylation sites is 1. The van der Waals surface area contributed by atoms with Gasteiger partial charge in [0.1, 0.15) is 12.2 Å². The van der Waals surface area contributed by atoms with Crippen LogP contribution in [0, 0.1) is 0 Å². The first kappa shape index (κ1) is 20.9. The molecule has 0 unspecified atom stereocenters. The Labute approximate surface area is 193 Å². The van der Waals surface area contributed by atoms with Gasteiger partial charge in [0, 0.05) is 5.46 Å². The molecular formula is C26H23BN4O2. The summed E-state index contributed by atoms with van der Waals surface area (Å²) in [6, 6.07) is 37.9. The highest BCUT2D eigenvalue weighted by Gasteiger charge is 2.45. The molecule has 4 aromatic carbocycles. The Morgan fingerprint density at radius 2 is 1.06 bits per heavy atom. The van der Waals surface area contributed by atoms with Gasteiger partial charge in [-0.1, -0.05) is 109 Å². The van der Waals surface area contributed by atoms with Crippen LogP contribution in [0.3, 0.4) is 0 Å². The van der Waals surface area contributed by atoms with Crippen molar-refractivity contribution in [1.29, 1.82) is 0 Å². The van der Waals surface area contributed by atoms with E-state index in [1.165, 1.54) is 0 Å². The highest BCUT2D eigenvalue weighted by atomic mass is 16.4. The van der Waals surface area contributed by atoms with Crippen molar-refractivity contribution < 1.29 is 10.0 Å². The minimum Gasteiger partial charge on any atom is -0.423 e. The first-order chi connectivity index (χ1) is 16.2. The molecule has 0 amide bonds. The van der Waals surface area contributed by atoms with Gasteiger partial charge in [-0.25, -0.2) is 10.0 Å². The Kier molecular flexibility index (Phi) is 5.65. The van der Waals surface area contributed by atoms with E-state index in [1.807, 2.05) is 71.7 Å². The van der Waals surface area contributed by atoms with Crippen LogP contribution in [0.15, 0.2) is 126 Å². The maximum atomic E-state index is 9.87. The third kappa shape index (κ3) is 3.67. The lowest BCUT2D eigenvalue weighted by Crippen LogP contribution is -2.47. The molecule has 1 heterocycles. The van der Waals surface area contributed by atoms with Gasteiger partial charge in [-0.05, 0) is 33.2 Å². The molecule has 4 aromatic rings. The zero-order chi connectivity index (χ0) is 22.7. The van der Waals surface area contributed by atoms with Crippen molar-refractivity contribution in [3.8, 4) is 0 Å². The zero-order valence-corrected chi connectivity index (χ0v) is 17.9. The smallest absolute Gasteiger partial charge is 0.423 e. The van der Waals surface area contributed by atoms with Crippen LogP contribution in [0.1, 0.15) is 16.7 Å². The Morgan fingerprint density at radius 1 is 0.606 bits per heavy atom. The second-order valence-electron chi connectivity index (χ2n) is 7.86. The highest BCUT2D eigenvalue weighted by Crippen LogP contribution is 2.44. The first-order valence-electron chi connectivity index (χ1n) is 10.8. The van der Waals surface area contributed by atoms with Gasteiger partial charge in [0.2, 0.25) is 0 Å². The molecule has 0 aromatic heterocycles. The van der Waals surface area contributed by atoms with E-state index >= 15 is 0 Å². The molecule has 7 heteroatoms. The molecule has 0 fully saturated rings. The molecule has 0 spiro atoms. The summed E-state index contributed by atoms with van der Waals surface area (Å²) in [5.41, 5.74) is 3.40. The summed E-state index contributed by atoms with van der Waals surface area (Å²) in [5, 5.41) is 32.4. The molecule has 33 heavy (non-hydrogen) atoms. The quantitative estimate of drug-likeness (QED) is 0.359. The van der Waals surface area contributed by atoms with E-state index < -0.39 is 12.7 Å². The fourth-order valence-corrected chi connectivity index (χ4v) is 4.50. The van der Waals surface area contributed by atoms with Gasteiger partial charge < -0.3 is 10.0 Å². The minimum atomic E-state index is -1.60. The largest absolute Gasteiger partial charge is 0.490 e. The van der Waals surface area contributed by atoms with E-state index in [0.717, 1.165) is 16.7 Å². The first-order valence-corrected chi connectivity index (χ1v) is 10.8. The summed E-state index contributed by atoms with van der Waals surface area (Å²) >= 11 is 0. The van der Waals surface area contributed by atoms with E-state index in [4.69, 9.17) is 0 Å². The lowest BCUT2D eigenvalue weighted by Gasteiger charge is -2.41.